The molecular weight excluding hydrogens is 310 g/mol. The molecule has 2 rings (SSSR count). The lowest BCUT2D eigenvalue weighted by atomic mass is 9.89. The standard InChI is InChI=1S/C18H23NO5/c1-3-4-11-24-18(22)19-10-9-16(20)15(12-19)13-5-7-14(8-6-13)17(21)23-2/h5-8,15H,3-4,9-12H2,1-2H3. The van der Waals surface area contributed by atoms with Crippen LogP contribution in [0.5, 0.6) is 0 Å². The maximum atomic E-state index is 12.2. The second kappa shape index (κ2) is 8.47. The molecule has 130 valence electrons. The van der Waals surface area contributed by atoms with E-state index in [1.54, 1.807) is 29.2 Å². The zero-order chi connectivity index (χ0) is 17.5. The number of methoxy groups -OCH3 is 1. The Hall–Kier alpha value is -2.37. The Labute approximate surface area is 141 Å². The maximum absolute atomic E-state index is 12.2. The number of nitrogens with zero attached hydrogens (tertiary/aromatic N) is 1. The van der Waals surface area contributed by atoms with Crippen molar-refractivity contribution >= 4 is 17.8 Å². The van der Waals surface area contributed by atoms with Crippen molar-refractivity contribution in [2.45, 2.75) is 32.1 Å². The van der Waals surface area contributed by atoms with Gasteiger partial charge < -0.3 is 14.4 Å². The number of amides is 1. The first-order valence-electron chi connectivity index (χ1n) is 8.19. The lowest BCUT2D eigenvalue weighted by Crippen LogP contribution is -2.43. The highest BCUT2D eigenvalue weighted by Gasteiger charge is 2.31. The van der Waals surface area contributed by atoms with Crippen LogP contribution in [-0.2, 0) is 14.3 Å². The van der Waals surface area contributed by atoms with Crippen molar-refractivity contribution in [2.24, 2.45) is 0 Å². The molecule has 0 spiro atoms. The lowest BCUT2D eigenvalue weighted by Gasteiger charge is -2.31. The van der Waals surface area contributed by atoms with E-state index in [-0.39, 0.29) is 17.8 Å². The Morgan fingerprint density at radius 2 is 1.96 bits per heavy atom. The van der Waals surface area contributed by atoms with E-state index >= 15 is 0 Å². The summed E-state index contributed by atoms with van der Waals surface area (Å²) in [6.45, 7) is 3.13. The second-order valence-electron chi connectivity index (χ2n) is 5.80. The summed E-state index contributed by atoms with van der Waals surface area (Å²) < 4.78 is 9.88. The van der Waals surface area contributed by atoms with Gasteiger partial charge in [-0.15, -0.1) is 0 Å². The maximum Gasteiger partial charge on any atom is 0.409 e. The molecule has 1 saturated heterocycles. The molecule has 24 heavy (non-hydrogen) atoms. The highest BCUT2D eigenvalue weighted by Crippen LogP contribution is 2.25. The third-order valence-electron chi connectivity index (χ3n) is 4.14. The highest BCUT2D eigenvalue weighted by atomic mass is 16.6. The number of esters is 1. The van der Waals surface area contributed by atoms with Crippen LogP contribution in [0.2, 0.25) is 0 Å². The van der Waals surface area contributed by atoms with Crippen LogP contribution in [0.3, 0.4) is 0 Å². The molecule has 6 nitrogen and oxygen atoms in total. The molecule has 1 aliphatic heterocycles. The number of carbonyl (C=O) groups excluding carboxylic acids is 3. The van der Waals surface area contributed by atoms with Crippen LogP contribution in [0.1, 0.15) is 48.0 Å². The van der Waals surface area contributed by atoms with E-state index in [4.69, 9.17) is 4.74 Å². The number of likely N-dealkylation sites (tertiary alicyclic amines) is 1. The van der Waals surface area contributed by atoms with Crippen molar-refractivity contribution < 1.29 is 23.9 Å². The summed E-state index contributed by atoms with van der Waals surface area (Å²) >= 11 is 0. The molecule has 0 aliphatic carbocycles. The van der Waals surface area contributed by atoms with Crippen LogP contribution in [0.15, 0.2) is 24.3 Å². The molecular formula is C18H23NO5. The lowest BCUT2D eigenvalue weighted by molar-refractivity contribution is -0.122. The quantitative estimate of drug-likeness (QED) is 0.612. The second-order valence-corrected chi connectivity index (χ2v) is 5.80. The van der Waals surface area contributed by atoms with Gasteiger partial charge in [0.2, 0.25) is 0 Å². The summed E-state index contributed by atoms with van der Waals surface area (Å²) in [6, 6.07) is 6.74. The number of ether oxygens (including phenoxy) is 2. The number of unbranched alkanes of at least 4 members (excludes halogenated alkanes) is 1. The Balaban J connectivity index is 2.04. The van der Waals surface area contributed by atoms with Crippen molar-refractivity contribution in [1.82, 2.24) is 4.90 Å². The molecule has 0 saturated carbocycles. The molecule has 0 bridgehead atoms. The average molecular weight is 333 g/mol. The summed E-state index contributed by atoms with van der Waals surface area (Å²) in [4.78, 5) is 37.4. The van der Waals surface area contributed by atoms with Gasteiger partial charge in [-0.05, 0) is 24.1 Å². The number of piperidine rings is 1. The van der Waals surface area contributed by atoms with E-state index in [0.717, 1.165) is 18.4 Å². The van der Waals surface area contributed by atoms with Crippen molar-refractivity contribution in [2.75, 3.05) is 26.8 Å². The summed E-state index contributed by atoms with van der Waals surface area (Å²) in [5, 5.41) is 0. The number of benzene rings is 1. The first-order chi connectivity index (χ1) is 11.6. The third-order valence-corrected chi connectivity index (χ3v) is 4.14. The van der Waals surface area contributed by atoms with Gasteiger partial charge in [0.05, 0.1) is 25.2 Å². The Bertz CT molecular complexity index is 596. The zero-order valence-corrected chi connectivity index (χ0v) is 14.1. The molecule has 6 heteroatoms. The summed E-state index contributed by atoms with van der Waals surface area (Å²) in [7, 11) is 1.32. The number of carbonyl (C=O) groups is 3. The van der Waals surface area contributed by atoms with Crippen molar-refractivity contribution in [3.63, 3.8) is 0 Å². The number of rotatable bonds is 5. The Morgan fingerprint density at radius 1 is 1.25 bits per heavy atom. The van der Waals surface area contributed by atoms with Crippen molar-refractivity contribution in [1.29, 1.82) is 0 Å². The molecule has 0 N–H and O–H groups in total. The zero-order valence-electron chi connectivity index (χ0n) is 14.1. The van der Waals surface area contributed by atoms with Crippen LogP contribution < -0.4 is 0 Å². The highest BCUT2D eigenvalue weighted by molar-refractivity contribution is 5.90. The van der Waals surface area contributed by atoms with Crippen LogP contribution in [0.25, 0.3) is 0 Å². The first-order valence-corrected chi connectivity index (χ1v) is 8.19. The smallest absolute Gasteiger partial charge is 0.409 e. The topological polar surface area (TPSA) is 72.9 Å². The minimum atomic E-state index is -0.419. The van der Waals surface area contributed by atoms with Gasteiger partial charge in [0.25, 0.3) is 0 Å². The molecule has 1 aromatic rings. The minimum absolute atomic E-state index is 0.0958. The Morgan fingerprint density at radius 3 is 2.58 bits per heavy atom. The van der Waals surface area contributed by atoms with E-state index in [1.165, 1.54) is 7.11 Å². The van der Waals surface area contributed by atoms with Crippen LogP contribution in [0, 0.1) is 0 Å². The van der Waals surface area contributed by atoms with Crippen molar-refractivity contribution in [3.8, 4) is 0 Å². The number of hydrogen-bond donors (Lipinski definition) is 0. The van der Waals surface area contributed by atoms with Gasteiger partial charge in [-0.1, -0.05) is 25.5 Å². The van der Waals surface area contributed by atoms with Gasteiger partial charge in [-0.3, -0.25) is 4.79 Å². The van der Waals surface area contributed by atoms with E-state index in [2.05, 4.69) is 4.74 Å². The predicted molar refractivity (Wildman–Crippen MR) is 88.0 cm³/mol. The van der Waals surface area contributed by atoms with Crippen LogP contribution >= 0.6 is 0 Å². The molecule has 0 aromatic heterocycles. The third kappa shape index (κ3) is 4.34. The first kappa shape index (κ1) is 18.0. The monoisotopic (exact) mass is 333 g/mol. The molecule has 1 aliphatic rings. The van der Waals surface area contributed by atoms with Gasteiger partial charge in [0, 0.05) is 19.5 Å². The van der Waals surface area contributed by atoms with Gasteiger partial charge in [-0.2, -0.15) is 0 Å². The number of ketones is 1. The van der Waals surface area contributed by atoms with Gasteiger partial charge >= 0.3 is 12.1 Å². The van der Waals surface area contributed by atoms with E-state index in [1.807, 2.05) is 6.92 Å². The molecule has 1 atom stereocenters. The average Bonchev–Trinajstić information content (AvgIpc) is 2.61. The van der Waals surface area contributed by atoms with Gasteiger partial charge in [-0.25, -0.2) is 9.59 Å². The SMILES string of the molecule is CCCCOC(=O)N1CCC(=O)C(c2ccc(C(=O)OC)cc2)C1. The van der Waals surface area contributed by atoms with Crippen LogP contribution in [0.4, 0.5) is 4.79 Å². The molecule has 1 unspecified atom stereocenters. The van der Waals surface area contributed by atoms with Crippen LogP contribution in [-0.4, -0.2) is 49.6 Å². The van der Waals surface area contributed by atoms with E-state index in [9.17, 15) is 14.4 Å². The summed E-state index contributed by atoms with van der Waals surface area (Å²) in [6.07, 6.45) is 1.73. The minimum Gasteiger partial charge on any atom is -0.465 e. The predicted octanol–water partition coefficient (Wildman–Crippen LogP) is 2.77. The fourth-order valence-electron chi connectivity index (χ4n) is 2.65. The summed E-state index contributed by atoms with van der Waals surface area (Å²) in [5.41, 5.74) is 1.22. The fraction of sp³-hybridized carbons (Fsp3) is 0.500. The van der Waals surface area contributed by atoms with E-state index in [0.29, 0.717) is 31.7 Å². The van der Waals surface area contributed by atoms with Gasteiger partial charge in [0.15, 0.2) is 0 Å². The molecule has 1 amide bonds. The number of hydrogen-bond acceptors (Lipinski definition) is 5. The number of Topliss-reactive ketones (excluding diaryl/α,β-unsaturated/α-hetero) is 1. The normalized spacial score (nSPS) is 17.5. The molecule has 0 radical (unpaired) electrons. The van der Waals surface area contributed by atoms with Gasteiger partial charge in [0.1, 0.15) is 5.78 Å². The van der Waals surface area contributed by atoms with E-state index < -0.39 is 5.97 Å². The largest absolute Gasteiger partial charge is 0.465 e. The molecule has 1 heterocycles. The fourth-order valence-corrected chi connectivity index (χ4v) is 2.65. The Kier molecular flexibility index (Phi) is 6.35. The van der Waals surface area contributed by atoms with Crippen molar-refractivity contribution in [3.05, 3.63) is 35.4 Å². The summed E-state index contributed by atoms with van der Waals surface area (Å²) in [5.74, 6) is -0.708. The molecule has 1 aromatic carbocycles. The molecule has 1 fully saturated rings.